The van der Waals surface area contributed by atoms with Crippen LogP contribution in [0.3, 0.4) is 0 Å². The first-order valence-corrected chi connectivity index (χ1v) is 38.4. The monoisotopic (exact) mass is 1430 g/mol. The van der Waals surface area contributed by atoms with Crippen LogP contribution < -0.4 is 0 Å². The fourth-order valence-corrected chi connectivity index (χ4v) is 18.5. The Morgan fingerprint density at radius 2 is 0.643 bits per heavy atom. The SMILES string of the molecule is CC1(C)c2ccccc2-c2ccc(-c3cc4c5ccccc5oc4c4c5ccccc5n(-c5nc(-c6ccccc6)cc(-c6cccc(-c7ccc8c(c7)oc7c8cc(-c8ccc9c(c8)C(C)(C)c8ccccc8-9)c8c7c7ccccc7n8-c7nc(-c8ccccc8)nc(-c8ccc(-c9ccccc9)cc8)n7)c6)n5)c34)cc21. The van der Waals surface area contributed by atoms with E-state index >= 15 is 0 Å². The zero-order valence-corrected chi connectivity index (χ0v) is 61.7. The first-order valence-electron chi connectivity index (χ1n) is 38.4. The third-order valence-corrected chi connectivity index (χ3v) is 24.0. The van der Waals surface area contributed by atoms with Crippen molar-refractivity contribution in [2.24, 2.45) is 0 Å². The van der Waals surface area contributed by atoms with Crippen molar-refractivity contribution in [2.75, 3.05) is 0 Å². The lowest BCUT2D eigenvalue weighted by molar-refractivity contribution is 0.660. The molecule has 0 amide bonds. The van der Waals surface area contributed by atoms with Crippen LogP contribution >= 0.6 is 0 Å². The Morgan fingerprint density at radius 1 is 0.241 bits per heavy atom. The molecule has 15 aromatic carbocycles. The van der Waals surface area contributed by atoms with Crippen LogP contribution in [0, 0.1) is 0 Å². The number of nitrogens with zero attached hydrogens (tertiary/aromatic N) is 7. The van der Waals surface area contributed by atoms with E-state index in [1.165, 1.54) is 44.5 Å². The van der Waals surface area contributed by atoms with Crippen LogP contribution in [0.2, 0.25) is 0 Å². The van der Waals surface area contributed by atoms with Crippen LogP contribution in [0.1, 0.15) is 49.9 Å². The molecular formula is C103H67N7O2. The normalized spacial score (nSPS) is 13.3. The molecule has 21 aromatic rings. The predicted molar refractivity (Wildman–Crippen MR) is 457 cm³/mol. The molecule has 6 aromatic heterocycles. The van der Waals surface area contributed by atoms with E-state index in [0.717, 1.165) is 166 Å². The Hall–Kier alpha value is -14.4. The number of fused-ring (bicyclic) bond motifs is 20. The van der Waals surface area contributed by atoms with Crippen molar-refractivity contribution in [3.05, 3.63) is 356 Å². The van der Waals surface area contributed by atoms with Crippen molar-refractivity contribution < 1.29 is 8.83 Å². The standard InChI is InChI=1S/C103H67N7O2/c1-102(2)82-38-19-14-33-70(82)72-50-48-67(54-84(72)102)78-57-80-74-35-18-23-42-90(74)111-96(80)92-76-36-16-21-40-88(76)109(94(78)92)100-104-86(62-27-10-6-11-28-62)59-87(105-100)69-32-24-31-65(53-69)66-47-52-75-81-58-79(68-49-51-73-71-34-15-20-39-83(71)103(3,4)85(73)55-68)95-93(97(81)112-91(75)56-66)77-37-17-22-41-89(77)110(95)101-107-98(63-29-12-7-13-30-63)106-99(108-101)64-45-43-61(44-46-64)60-25-8-5-9-26-60/h5-59H,1-4H3. The number of benzene rings is 15. The van der Waals surface area contributed by atoms with E-state index in [1.54, 1.807) is 0 Å². The van der Waals surface area contributed by atoms with Crippen molar-refractivity contribution in [2.45, 2.75) is 38.5 Å². The molecule has 112 heavy (non-hydrogen) atoms. The van der Waals surface area contributed by atoms with E-state index in [9.17, 15) is 0 Å². The summed E-state index contributed by atoms with van der Waals surface area (Å²) in [6.07, 6.45) is 0. The molecule has 0 radical (unpaired) electrons. The Labute approximate surface area is 644 Å². The second-order valence-electron chi connectivity index (χ2n) is 31.0. The van der Waals surface area contributed by atoms with E-state index in [4.69, 9.17) is 33.8 Å². The Morgan fingerprint density at radius 3 is 1.23 bits per heavy atom. The number of furan rings is 2. The highest BCUT2D eigenvalue weighted by atomic mass is 16.3. The number of para-hydroxylation sites is 3. The van der Waals surface area contributed by atoms with Gasteiger partial charge in [-0.3, -0.25) is 9.13 Å². The van der Waals surface area contributed by atoms with Gasteiger partial charge in [-0.05, 0) is 145 Å². The summed E-state index contributed by atoms with van der Waals surface area (Å²) in [6, 6.07) is 119. The predicted octanol–water partition coefficient (Wildman–Crippen LogP) is 26.6. The fourth-order valence-electron chi connectivity index (χ4n) is 18.5. The van der Waals surface area contributed by atoms with Crippen molar-refractivity contribution >= 4 is 87.5 Å². The molecule has 6 heterocycles. The molecule has 526 valence electrons. The Bertz CT molecular complexity index is 7550. The largest absolute Gasteiger partial charge is 0.455 e. The van der Waals surface area contributed by atoms with E-state index in [-0.39, 0.29) is 10.8 Å². The number of aromatic nitrogens is 7. The maximum Gasteiger partial charge on any atom is 0.238 e. The second-order valence-corrected chi connectivity index (χ2v) is 31.0. The summed E-state index contributed by atoms with van der Waals surface area (Å²) in [4.78, 5) is 27.6. The summed E-state index contributed by atoms with van der Waals surface area (Å²) in [5, 5.41) is 8.18. The van der Waals surface area contributed by atoms with Crippen molar-refractivity contribution in [1.29, 1.82) is 0 Å². The molecule has 0 fully saturated rings. The third kappa shape index (κ3) is 9.53. The number of hydrogen-bond donors (Lipinski definition) is 0. The molecule has 0 aliphatic heterocycles. The average molecular weight is 1430 g/mol. The van der Waals surface area contributed by atoms with Gasteiger partial charge in [0.1, 0.15) is 22.3 Å². The summed E-state index contributed by atoms with van der Waals surface area (Å²) >= 11 is 0. The maximum atomic E-state index is 7.50. The van der Waals surface area contributed by atoms with Gasteiger partial charge in [0.15, 0.2) is 11.6 Å². The lowest BCUT2D eigenvalue weighted by atomic mass is 9.81. The van der Waals surface area contributed by atoms with Gasteiger partial charge >= 0.3 is 0 Å². The van der Waals surface area contributed by atoms with Gasteiger partial charge < -0.3 is 8.83 Å². The Balaban J connectivity index is 0.713. The lowest BCUT2D eigenvalue weighted by Gasteiger charge is -2.22. The number of hydrogen-bond acceptors (Lipinski definition) is 7. The van der Waals surface area contributed by atoms with E-state index < -0.39 is 0 Å². The molecule has 0 atom stereocenters. The highest BCUT2D eigenvalue weighted by molar-refractivity contribution is 6.29. The van der Waals surface area contributed by atoms with Crippen LogP contribution in [-0.2, 0) is 10.8 Å². The first-order chi connectivity index (χ1) is 55.0. The zero-order valence-electron chi connectivity index (χ0n) is 61.7. The molecule has 0 N–H and O–H groups in total. The van der Waals surface area contributed by atoms with Gasteiger partial charge in [0.2, 0.25) is 11.9 Å². The van der Waals surface area contributed by atoms with Crippen LogP contribution in [0.4, 0.5) is 0 Å². The molecule has 23 rings (SSSR count). The zero-order chi connectivity index (χ0) is 74.2. The topological polar surface area (TPSA) is 101 Å². The molecule has 0 spiro atoms. The average Bonchev–Trinajstić information content (AvgIpc) is 1.54. The van der Waals surface area contributed by atoms with E-state index in [2.05, 4.69) is 346 Å². The molecule has 9 heteroatoms. The highest BCUT2D eigenvalue weighted by Crippen LogP contribution is 2.55. The van der Waals surface area contributed by atoms with Crippen LogP contribution in [-0.4, -0.2) is 34.1 Å². The minimum absolute atomic E-state index is 0.222. The van der Waals surface area contributed by atoms with Gasteiger partial charge in [0, 0.05) is 76.5 Å². The van der Waals surface area contributed by atoms with Crippen molar-refractivity contribution in [3.8, 4) is 124 Å². The number of rotatable bonds is 10. The van der Waals surface area contributed by atoms with Crippen LogP contribution in [0.25, 0.3) is 211 Å². The summed E-state index contributed by atoms with van der Waals surface area (Å²) in [5.41, 5.74) is 30.6. The Kier molecular flexibility index (Phi) is 13.7. The molecule has 0 unspecified atom stereocenters. The van der Waals surface area contributed by atoms with Crippen LogP contribution in [0.5, 0.6) is 0 Å². The minimum Gasteiger partial charge on any atom is -0.455 e. The molecule has 0 saturated carbocycles. The summed E-state index contributed by atoms with van der Waals surface area (Å²) < 4.78 is 19.1. The summed E-state index contributed by atoms with van der Waals surface area (Å²) in [7, 11) is 0. The van der Waals surface area contributed by atoms with Gasteiger partial charge in [0.25, 0.3) is 0 Å². The fraction of sp³-hybridized carbons (Fsp3) is 0.0583. The second kappa shape index (κ2) is 24.0. The molecule has 2 aliphatic carbocycles. The third-order valence-electron chi connectivity index (χ3n) is 24.0. The molecule has 0 saturated heterocycles. The quantitative estimate of drug-likeness (QED) is 0.134. The van der Waals surface area contributed by atoms with Gasteiger partial charge in [-0.2, -0.15) is 9.97 Å². The minimum atomic E-state index is -0.256. The van der Waals surface area contributed by atoms with Gasteiger partial charge in [-0.1, -0.05) is 295 Å². The first kappa shape index (κ1) is 63.7. The molecular weight excluding hydrogens is 1370 g/mol. The summed E-state index contributed by atoms with van der Waals surface area (Å²) in [6.45, 7) is 9.40. The smallest absolute Gasteiger partial charge is 0.238 e. The summed E-state index contributed by atoms with van der Waals surface area (Å²) in [5.74, 6) is 2.18. The van der Waals surface area contributed by atoms with E-state index in [1.807, 2.05) is 24.3 Å². The van der Waals surface area contributed by atoms with E-state index in [0.29, 0.717) is 23.5 Å². The van der Waals surface area contributed by atoms with Gasteiger partial charge in [-0.25, -0.2) is 15.0 Å². The van der Waals surface area contributed by atoms with Crippen molar-refractivity contribution in [1.82, 2.24) is 34.1 Å². The lowest BCUT2D eigenvalue weighted by Crippen LogP contribution is -2.14. The van der Waals surface area contributed by atoms with Crippen molar-refractivity contribution in [3.63, 3.8) is 0 Å². The highest BCUT2D eigenvalue weighted by Gasteiger charge is 2.38. The molecule has 2 aliphatic rings. The van der Waals surface area contributed by atoms with Gasteiger partial charge in [-0.15, -0.1) is 0 Å². The van der Waals surface area contributed by atoms with Crippen LogP contribution in [0.15, 0.2) is 342 Å². The maximum absolute atomic E-state index is 7.50. The van der Waals surface area contributed by atoms with Gasteiger partial charge in [0.05, 0.1) is 44.2 Å². The molecule has 0 bridgehead atoms. The molecule has 9 nitrogen and oxygen atoms in total.